The molecule has 0 bridgehead atoms. The number of nitrogens with one attached hydrogen (secondary N) is 1. The first-order valence-electron chi connectivity index (χ1n) is 9.52. The first kappa shape index (κ1) is 19.6. The van der Waals surface area contributed by atoms with E-state index in [-0.39, 0.29) is 17.4 Å². The van der Waals surface area contributed by atoms with E-state index in [1.807, 2.05) is 24.3 Å². The maximum Gasteiger partial charge on any atom is 0.335 e. The molecule has 2 amide bonds. The topological polar surface area (TPSA) is 86.7 Å². The molecule has 1 atom stereocenters. The Hall–Kier alpha value is -3.15. The maximum atomic E-state index is 12.8. The van der Waals surface area contributed by atoms with E-state index in [1.54, 1.807) is 35.2 Å². The van der Waals surface area contributed by atoms with E-state index in [2.05, 4.69) is 5.32 Å². The predicted molar refractivity (Wildman–Crippen MR) is 105 cm³/mol. The summed E-state index contributed by atoms with van der Waals surface area (Å²) in [6.45, 7) is 0.970. The van der Waals surface area contributed by atoms with Crippen molar-refractivity contribution in [2.45, 2.75) is 31.7 Å². The predicted octanol–water partition coefficient (Wildman–Crippen LogP) is 2.74. The van der Waals surface area contributed by atoms with E-state index < -0.39 is 12.0 Å². The van der Waals surface area contributed by atoms with Gasteiger partial charge in [0.05, 0.1) is 5.56 Å². The van der Waals surface area contributed by atoms with Crippen molar-refractivity contribution >= 4 is 17.8 Å². The molecule has 1 fully saturated rings. The van der Waals surface area contributed by atoms with Crippen molar-refractivity contribution in [3.63, 3.8) is 0 Å². The van der Waals surface area contributed by atoms with Gasteiger partial charge >= 0.3 is 5.97 Å². The number of nitrogens with zero attached hydrogens (tertiary/aromatic N) is 1. The highest BCUT2D eigenvalue weighted by molar-refractivity contribution is 5.97. The lowest BCUT2D eigenvalue weighted by Crippen LogP contribution is -2.52. The maximum absolute atomic E-state index is 12.8. The van der Waals surface area contributed by atoms with Crippen molar-refractivity contribution in [1.29, 1.82) is 0 Å². The van der Waals surface area contributed by atoms with Gasteiger partial charge in [0.2, 0.25) is 5.91 Å². The number of carboxylic acid groups (broad SMARTS) is 1. The van der Waals surface area contributed by atoms with E-state index in [9.17, 15) is 14.4 Å². The second kappa shape index (κ2) is 9.17. The van der Waals surface area contributed by atoms with Crippen LogP contribution in [0.2, 0.25) is 0 Å². The first-order valence-corrected chi connectivity index (χ1v) is 9.52. The summed E-state index contributed by atoms with van der Waals surface area (Å²) in [6, 6.07) is 15.2. The minimum absolute atomic E-state index is 0.116. The van der Waals surface area contributed by atoms with E-state index in [0.29, 0.717) is 31.5 Å². The molecule has 1 aliphatic heterocycles. The monoisotopic (exact) mass is 380 g/mol. The normalized spacial score (nSPS) is 16.4. The third kappa shape index (κ3) is 4.76. The number of carboxylic acids is 1. The zero-order valence-corrected chi connectivity index (χ0v) is 15.6. The molecule has 2 aromatic carbocycles. The van der Waals surface area contributed by atoms with Gasteiger partial charge in [0.25, 0.3) is 5.91 Å². The Balaban J connectivity index is 1.59. The number of piperidine rings is 1. The van der Waals surface area contributed by atoms with Crippen molar-refractivity contribution in [3.8, 4) is 0 Å². The number of rotatable bonds is 6. The fourth-order valence-electron chi connectivity index (χ4n) is 3.50. The number of carbonyl (C=O) groups is 3. The average Bonchev–Trinajstić information content (AvgIpc) is 2.74. The van der Waals surface area contributed by atoms with E-state index in [1.165, 1.54) is 0 Å². The van der Waals surface area contributed by atoms with Crippen LogP contribution >= 0.6 is 0 Å². The summed E-state index contributed by atoms with van der Waals surface area (Å²) >= 11 is 0. The third-order valence-electron chi connectivity index (χ3n) is 4.97. The molecule has 3 rings (SSSR count). The molecule has 1 saturated heterocycles. The summed E-state index contributed by atoms with van der Waals surface area (Å²) in [5.41, 5.74) is 1.67. The molecule has 6 heteroatoms. The van der Waals surface area contributed by atoms with Crippen LogP contribution in [0.4, 0.5) is 0 Å². The average molecular weight is 380 g/mol. The highest BCUT2D eigenvalue weighted by atomic mass is 16.4. The fourth-order valence-corrected chi connectivity index (χ4v) is 3.50. The molecule has 0 aromatic heterocycles. The van der Waals surface area contributed by atoms with Crippen LogP contribution in [0.5, 0.6) is 0 Å². The van der Waals surface area contributed by atoms with Gasteiger partial charge in [-0.15, -0.1) is 0 Å². The van der Waals surface area contributed by atoms with Gasteiger partial charge in [0.15, 0.2) is 0 Å². The summed E-state index contributed by atoms with van der Waals surface area (Å²) in [6.07, 6.45) is 2.99. The van der Waals surface area contributed by atoms with Crippen molar-refractivity contribution in [2.24, 2.45) is 0 Å². The van der Waals surface area contributed by atoms with E-state index in [0.717, 1.165) is 18.4 Å². The molecule has 1 heterocycles. The second-order valence-electron chi connectivity index (χ2n) is 6.92. The number of amides is 2. The Morgan fingerprint density at radius 1 is 1.00 bits per heavy atom. The minimum atomic E-state index is -0.969. The van der Waals surface area contributed by atoms with Gasteiger partial charge in [-0.25, -0.2) is 4.79 Å². The standard InChI is InChI=1S/C22H24N2O4/c25-20(23-13-12-16-7-6-10-18(15-16)22(27)28)19-11-4-5-14-24(19)21(26)17-8-2-1-3-9-17/h1-3,6-10,15,19H,4-5,11-14H2,(H,23,25)(H,27,28)/t19-/m0/s1. The molecular formula is C22H24N2O4. The van der Waals surface area contributed by atoms with Crippen LogP contribution in [0.1, 0.15) is 45.5 Å². The van der Waals surface area contributed by atoms with Crippen molar-refractivity contribution in [3.05, 3.63) is 71.3 Å². The van der Waals surface area contributed by atoms with Crippen molar-refractivity contribution in [1.82, 2.24) is 10.2 Å². The summed E-state index contributed by atoms with van der Waals surface area (Å²) < 4.78 is 0. The highest BCUT2D eigenvalue weighted by Crippen LogP contribution is 2.20. The van der Waals surface area contributed by atoms with Gasteiger partial charge in [0, 0.05) is 18.7 Å². The van der Waals surface area contributed by atoms with Gasteiger partial charge in [-0.05, 0) is 55.5 Å². The van der Waals surface area contributed by atoms with Crippen LogP contribution in [-0.2, 0) is 11.2 Å². The molecular weight excluding hydrogens is 356 g/mol. The lowest BCUT2D eigenvalue weighted by Gasteiger charge is -2.34. The summed E-state index contributed by atoms with van der Waals surface area (Å²) in [4.78, 5) is 38.2. The van der Waals surface area contributed by atoms with Gasteiger partial charge in [-0.1, -0.05) is 30.3 Å². The van der Waals surface area contributed by atoms with Crippen LogP contribution in [0.15, 0.2) is 54.6 Å². The second-order valence-corrected chi connectivity index (χ2v) is 6.92. The molecule has 28 heavy (non-hydrogen) atoms. The summed E-state index contributed by atoms with van der Waals surface area (Å²) in [5, 5.41) is 12.0. The number of hydrogen-bond acceptors (Lipinski definition) is 3. The molecule has 0 aliphatic carbocycles. The van der Waals surface area contributed by atoms with Crippen LogP contribution in [0.25, 0.3) is 0 Å². The Morgan fingerprint density at radius 2 is 1.75 bits per heavy atom. The minimum Gasteiger partial charge on any atom is -0.478 e. The van der Waals surface area contributed by atoms with Gasteiger partial charge in [0.1, 0.15) is 6.04 Å². The van der Waals surface area contributed by atoms with Crippen molar-refractivity contribution in [2.75, 3.05) is 13.1 Å². The highest BCUT2D eigenvalue weighted by Gasteiger charge is 2.32. The number of hydrogen-bond donors (Lipinski definition) is 2. The Labute approximate surface area is 164 Å². The molecule has 1 aliphatic rings. The summed E-state index contributed by atoms with van der Waals surface area (Å²) in [7, 11) is 0. The lowest BCUT2D eigenvalue weighted by atomic mass is 10.00. The molecule has 2 N–H and O–H groups in total. The Kier molecular flexibility index (Phi) is 6.42. The molecule has 0 saturated carbocycles. The number of aromatic carboxylic acids is 1. The molecule has 2 aromatic rings. The number of carbonyl (C=O) groups excluding carboxylic acids is 2. The number of likely N-dealkylation sites (tertiary alicyclic amines) is 1. The van der Waals surface area contributed by atoms with E-state index >= 15 is 0 Å². The van der Waals surface area contributed by atoms with Gasteiger partial charge in [-0.2, -0.15) is 0 Å². The fraction of sp³-hybridized carbons (Fsp3) is 0.318. The SMILES string of the molecule is O=C(O)c1cccc(CCNC(=O)[C@@H]2CCCCN2C(=O)c2ccccc2)c1. The van der Waals surface area contributed by atoms with Crippen molar-refractivity contribution < 1.29 is 19.5 Å². The molecule has 0 spiro atoms. The van der Waals surface area contributed by atoms with Gasteiger partial charge < -0.3 is 15.3 Å². The molecule has 6 nitrogen and oxygen atoms in total. The third-order valence-corrected chi connectivity index (χ3v) is 4.97. The zero-order chi connectivity index (χ0) is 19.9. The van der Waals surface area contributed by atoms with Crippen LogP contribution in [-0.4, -0.2) is 46.9 Å². The molecule has 0 unspecified atom stereocenters. The quantitative estimate of drug-likeness (QED) is 0.807. The Morgan fingerprint density at radius 3 is 2.50 bits per heavy atom. The summed E-state index contributed by atoms with van der Waals surface area (Å²) in [5.74, 6) is -1.24. The van der Waals surface area contributed by atoms with Crippen LogP contribution < -0.4 is 5.32 Å². The van der Waals surface area contributed by atoms with Crippen LogP contribution in [0, 0.1) is 0 Å². The van der Waals surface area contributed by atoms with Gasteiger partial charge in [-0.3, -0.25) is 9.59 Å². The van der Waals surface area contributed by atoms with E-state index in [4.69, 9.17) is 5.11 Å². The zero-order valence-electron chi connectivity index (χ0n) is 15.6. The Bertz CT molecular complexity index is 851. The molecule has 146 valence electrons. The first-order chi connectivity index (χ1) is 13.6. The largest absolute Gasteiger partial charge is 0.478 e. The smallest absolute Gasteiger partial charge is 0.335 e. The number of benzene rings is 2. The lowest BCUT2D eigenvalue weighted by molar-refractivity contribution is -0.126. The van der Waals surface area contributed by atoms with Crippen LogP contribution in [0.3, 0.4) is 0 Å². The molecule has 0 radical (unpaired) electrons.